The van der Waals surface area contributed by atoms with Crippen molar-refractivity contribution in [1.29, 1.82) is 0 Å². The quantitative estimate of drug-likeness (QED) is 0.120. The van der Waals surface area contributed by atoms with Gasteiger partial charge < -0.3 is 24.8 Å². The highest BCUT2D eigenvalue weighted by atomic mass is 32.1. The van der Waals surface area contributed by atoms with E-state index in [1.54, 1.807) is 20.8 Å². The van der Waals surface area contributed by atoms with Crippen LogP contribution in [0.3, 0.4) is 0 Å². The van der Waals surface area contributed by atoms with Gasteiger partial charge in [-0.15, -0.1) is 11.3 Å². The molecule has 0 atom stereocenters. The molecular weight excluding hydrogens is 556 g/mol. The molecule has 0 aliphatic heterocycles. The fourth-order valence-corrected chi connectivity index (χ4v) is 5.56. The first-order chi connectivity index (χ1) is 19.3. The first-order valence-corrected chi connectivity index (χ1v) is 15.9. The molecular formula is C32H48N2O5S2. The summed E-state index contributed by atoms with van der Waals surface area (Å²) in [6.07, 6.45) is 3.79. The van der Waals surface area contributed by atoms with Gasteiger partial charge in [0.2, 0.25) is 0 Å². The summed E-state index contributed by atoms with van der Waals surface area (Å²) >= 11 is 6.62. The highest BCUT2D eigenvalue weighted by Gasteiger charge is 2.28. The summed E-state index contributed by atoms with van der Waals surface area (Å²) in [6.45, 7) is 20.5. The van der Waals surface area contributed by atoms with Crippen LogP contribution in [0.1, 0.15) is 118 Å². The number of esters is 2. The second-order valence-corrected chi connectivity index (χ2v) is 12.8. The minimum Gasteiger partial charge on any atom is -0.493 e. The van der Waals surface area contributed by atoms with Crippen molar-refractivity contribution in [2.24, 2.45) is 0 Å². The molecule has 0 saturated carbocycles. The largest absolute Gasteiger partial charge is 0.493 e. The van der Waals surface area contributed by atoms with Gasteiger partial charge >= 0.3 is 11.9 Å². The maximum atomic E-state index is 12.6. The van der Waals surface area contributed by atoms with Crippen LogP contribution in [0, 0.1) is 6.92 Å². The van der Waals surface area contributed by atoms with Crippen molar-refractivity contribution in [3.05, 3.63) is 45.3 Å². The fraction of sp³-hybridized carbons (Fsp3) is 0.594. The molecule has 0 unspecified atom stereocenters. The molecule has 0 amide bonds. The van der Waals surface area contributed by atoms with E-state index >= 15 is 0 Å². The third kappa shape index (κ3) is 9.17. The number of anilines is 1. The first kappa shape index (κ1) is 34.6. The lowest BCUT2D eigenvalue weighted by molar-refractivity contribution is 0.0527. The number of nitrogens with one attached hydrogen (secondary N) is 2. The Balaban J connectivity index is 1.97. The van der Waals surface area contributed by atoms with Gasteiger partial charge in [-0.2, -0.15) is 0 Å². The molecule has 0 spiro atoms. The molecule has 0 aliphatic rings. The minimum absolute atomic E-state index is 0.0181. The molecule has 1 heterocycles. The maximum Gasteiger partial charge on any atom is 0.348 e. The lowest BCUT2D eigenvalue weighted by Gasteiger charge is -2.30. The maximum absolute atomic E-state index is 12.6. The second-order valence-electron chi connectivity index (χ2n) is 11.3. The minimum atomic E-state index is -0.504. The fourth-order valence-electron chi connectivity index (χ4n) is 4.20. The van der Waals surface area contributed by atoms with E-state index < -0.39 is 11.9 Å². The van der Waals surface area contributed by atoms with E-state index in [9.17, 15) is 9.59 Å². The van der Waals surface area contributed by atoms with Crippen molar-refractivity contribution in [2.75, 3.05) is 31.7 Å². The van der Waals surface area contributed by atoms with Crippen LogP contribution in [0.4, 0.5) is 5.00 Å². The number of hydrogen-bond donors (Lipinski definition) is 2. The SMILES string of the molecule is CCOC(=O)c1sc(NC(=S)NCCCCOc2ccc(C(C)(C)CC)cc2C(C)(C)CC)c(C(=O)OCC)c1C. The van der Waals surface area contributed by atoms with Gasteiger partial charge in [-0.3, -0.25) is 0 Å². The van der Waals surface area contributed by atoms with Crippen LogP contribution in [0.5, 0.6) is 5.75 Å². The number of carbonyl (C=O) groups is 2. The van der Waals surface area contributed by atoms with E-state index in [1.807, 2.05) is 0 Å². The number of carbonyl (C=O) groups excluding carboxylic acids is 2. The normalized spacial score (nSPS) is 11.6. The Bertz CT molecular complexity index is 1200. The Hall–Kier alpha value is -2.65. The molecule has 0 bridgehead atoms. The molecule has 7 nitrogen and oxygen atoms in total. The molecule has 2 N–H and O–H groups in total. The third-order valence-corrected chi connectivity index (χ3v) is 9.12. The number of thiophene rings is 1. The Morgan fingerprint density at radius 2 is 1.56 bits per heavy atom. The monoisotopic (exact) mass is 604 g/mol. The van der Waals surface area contributed by atoms with Gasteiger partial charge in [-0.05, 0) is 86.7 Å². The summed E-state index contributed by atoms with van der Waals surface area (Å²) in [4.78, 5) is 25.4. The zero-order valence-electron chi connectivity index (χ0n) is 26.2. The van der Waals surface area contributed by atoms with Crippen LogP contribution in [0.2, 0.25) is 0 Å². The number of rotatable bonds is 15. The zero-order valence-corrected chi connectivity index (χ0v) is 27.9. The molecule has 1 aromatic heterocycles. The van der Waals surface area contributed by atoms with Crippen molar-refractivity contribution in [3.8, 4) is 5.75 Å². The lowest BCUT2D eigenvalue weighted by Crippen LogP contribution is -2.29. The molecule has 9 heteroatoms. The molecule has 2 aromatic rings. The summed E-state index contributed by atoms with van der Waals surface area (Å²) in [5.41, 5.74) is 3.56. The molecule has 228 valence electrons. The molecule has 0 radical (unpaired) electrons. The van der Waals surface area contributed by atoms with E-state index in [2.05, 4.69) is 70.4 Å². The van der Waals surface area contributed by atoms with Gasteiger partial charge in [0.1, 0.15) is 15.6 Å². The Labute approximate surface area is 255 Å². The molecule has 2 rings (SSSR count). The van der Waals surface area contributed by atoms with Crippen molar-refractivity contribution in [3.63, 3.8) is 0 Å². The van der Waals surface area contributed by atoms with Gasteiger partial charge in [-0.25, -0.2) is 9.59 Å². The van der Waals surface area contributed by atoms with Crippen LogP contribution in [0.15, 0.2) is 18.2 Å². The zero-order chi connectivity index (χ0) is 30.8. The topological polar surface area (TPSA) is 85.9 Å². The smallest absolute Gasteiger partial charge is 0.348 e. The molecule has 0 saturated heterocycles. The lowest BCUT2D eigenvalue weighted by atomic mass is 9.76. The van der Waals surface area contributed by atoms with Gasteiger partial charge in [0, 0.05) is 12.1 Å². The first-order valence-electron chi connectivity index (χ1n) is 14.6. The van der Waals surface area contributed by atoms with Crippen molar-refractivity contribution < 1.29 is 23.8 Å². The summed E-state index contributed by atoms with van der Waals surface area (Å²) in [5.74, 6) is -0.0209. The molecule has 0 fully saturated rings. The van der Waals surface area contributed by atoms with Gasteiger partial charge in [0.05, 0.1) is 25.4 Å². The van der Waals surface area contributed by atoms with Crippen molar-refractivity contribution >= 4 is 45.6 Å². The standard InChI is InChI=1S/C32H48N2O5S2/c1-10-31(6,7)22-16-17-24(23(20-22)32(8,9)11-2)39-19-15-14-18-33-30(40)34-27-25(28(35)37-12-3)21(5)26(41-27)29(36)38-13-4/h16-17,20H,10-15,18-19H2,1-9H3,(H2,33,34,40). The number of hydrogen-bond acceptors (Lipinski definition) is 7. The number of benzene rings is 1. The van der Waals surface area contributed by atoms with Crippen LogP contribution in [-0.4, -0.2) is 43.4 Å². The van der Waals surface area contributed by atoms with Gasteiger partial charge in [0.25, 0.3) is 0 Å². The van der Waals surface area contributed by atoms with Gasteiger partial charge in [0.15, 0.2) is 5.11 Å². The summed E-state index contributed by atoms with van der Waals surface area (Å²) in [5, 5.41) is 7.10. The molecule has 41 heavy (non-hydrogen) atoms. The van der Waals surface area contributed by atoms with Crippen molar-refractivity contribution in [2.45, 2.75) is 98.8 Å². The van der Waals surface area contributed by atoms with E-state index in [-0.39, 0.29) is 24.0 Å². The van der Waals surface area contributed by atoms with Crippen LogP contribution in [-0.2, 0) is 20.3 Å². The highest BCUT2D eigenvalue weighted by Crippen LogP contribution is 2.38. The number of unbranched alkanes of at least 4 members (excludes halogenated alkanes) is 1. The summed E-state index contributed by atoms with van der Waals surface area (Å²) in [6, 6.07) is 6.66. The van der Waals surface area contributed by atoms with Crippen LogP contribution < -0.4 is 15.4 Å². The van der Waals surface area contributed by atoms with Crippen LogP contribution in [0.25, 0.3) is 0 Å². The van der Waals surface area contributed by atoms with E-state index in [0.29, 0.717) is 39.3 Å². The Morgan fingerprint density at radius 1 is 0.927 bits per heavy atom. The van der Waals surface area contributed by atoms with Gasteiger partial charge in [-0.1, -0.05) is 53.7 Å². The molecule has 1 aromatic carbocycles. The summed E-state index contributed by atoms with van der Waals surface area (Å²) < 4.78 is 16.6. The average molecular weight is 605 g/mol. The van der Waals surface area contributed by atoms with Crippen LogP contribution >= 0.6 is 23.6 Å². The van der Waals surface area contributed by atoms with Crippen molar-refractivity contribution in [1.82, 2.24) is 5.32 Å². The highest BCUT2D eigenvalue weighted by molar-refractivity contribution is 7.80. The number of thiocarbonyl (C=S) groups is 1. The molecule has 0 aliphatic carbocycles. The second kappa shape index (κ2) is 15.5. The van der Waals surface area contributed by atoms with E-state index in [4.69, 9.17) is 26.4 Å². The predicted molar refractivity (Wildman–Crippen MR) is 173 cm³/mol. The third-order valence-electron chi connectivity index (χ3n) is 7.69. The average Bonchev–Trinajstić information content (AvgIpc) is 3.26. The Kier molecular flexibility index (Phi) is 13.1. The van der Waals surface area contributed by atoms with E-state index in [1.165, 1.54) is 11.1 Å². The number of ether oxygens (including phenoxy) is 3. The predicted octanol–water partition coefficient (Wildman–Crippen LogP) is 7.93. The summed E-state index contributed by atoms with van der Waals surface area (Å²) in [7, 11) is 0. The van der Waals surface area contributed by atoms with E-state index in [0.717, 1.165) is 42.8 Å². The Morgan fingerprint density at radius 3 is 2.17 bits per heavy atom.